The summed E-state index contributed by atoms with van der Waals surface area (Å²) >= 11 is 3.35. The number of nitrogens with one attached hydrogen (secondary N) is 2. The summed E-state index contributed by atoms with van der Waals surface area (Å²) in [5, 5.41) is 17.3. The van der Waals surface area contributed by atoms with Gasteiger partial charge >= 0.3 is 0 Å². The Morgan fingerprint density at radius 2 is 2.39 bits per heavy atom. The van der Waals surface area contributed by atoms with Gasteiger partial charge in [-0.25, -0.2) is 0 Å². The maximum atomic E-state index is 10.6. The zero-order chi connectivity index (χ0) is 13.0. The minimum atomic E-state index is -0.390. The molecule has 1 aromatic carbocycles. The fourth-order valence-corrected chi connectivity index (χ4v) is 2.64. The largest absolute Gasteiger partial charge is 0.384 e. The van der Waals surface area contributed by atoms with E-state index in [1.54, 1.807) is 6.07 Å². The highest BCUT2D eigenvalue weighted by molar-refractivity contribution is 9.10. The first-order valence-corrected chi connectivity index (χ1v) is 6.84. The molecule has 0 aromatic heterocycles. The minimum Gasteiger partial charge on any atom is -0.384 e. The zero-order valence-electron chi connectivity index (χ0n) is 9.99. The lowest BCUT2D eigenvalue weighted by molar-refractivity contribution is -0.384. The van der Waals surface area contributed by atoms with Crippen molar-refractivity contribution in [3.05, 3.63) is 32.8 Å². The van der Waals surface area contributed by atoms with E-state index in [9.17, 15) is 10.1 Å². The van der Waals surface area contributed by atoms with Crippen molar-refractivity contribution in [1.82, 2.24) is 5.32 Å². The number of nitrogens with zero attached hydrogens (tertiary/aromatic N) is 1. The Balaban J connectivity index is 1.87. The van der Waals surface area contributed by atoms with Crippen LogP contribution in [-0.4, -0.2) is 24.6 Å². The predicted molar refractivity (Wildman–Crippen MR) is 74.9 cm³/mol. The van der Waals surface area contributed by atoms with Gasteiger partial charge in [0.1, 0.15) is 0 Å². The number of non-ortho nitro benzene ring substituents is 1. The van der Waals surface area contributed by atoms with Crippen molar-refractivity contribution >= 4 is 27.3 Å². The van der Waals surface area contributed by atoms with E-state index in [2.05, 4.69) is 26.6 Å². The molecule has 1 heterocycles. The van der Waals surface area contributed by atoms with Crippen LogP contribution in [0, 0.1) is 16.0 Å². The van der Waals surface area contributed by atoms with Crippen LogP contribution in [0.4, 0.5) is 11.4 Å². The van der Waals surface area contributed by atoms with Gasteiger partial charge in [-0.3, -0.25) is 10.1 Å². The van der Waals surface area contributed by atoms with Crippen molar-refractivity contribution in [2.24, 2.45) is 5.92 Å². The molecule has 0 amide bonds. The topological polar surface area (TPSA) is 67.2 Å². The summed E-state index contributed by atoms with van der Waals surface area (Å²) in [4.78, 5) is 10.2. The van der Waals surface area contributed by atoms with Crippen LogP contribution in [0.15, 0.2) is 22.7 Å². The summed E-state index contributed by atoms with van der Waals surface area (Å²) in [6.45, 7) is 3.11. The van der Waals surface area contributed by atoms with E-state index < -0.39 is 4.92 Å². The molecule has 1 atom stereocenters. The highest BCUT2D eigenvalue weighted by Gasteiger charge is 2.14. The molecule has 18 heavy (non-hydrogen) atoms. The van der Waals surface area contributed by atoms with E-state index in [4.69, 9.17) is 0 Å². The van der Waals surface area contributed by atoms with Crippen molar-refractivity contribution in [3.63, 3.8) is 0 Å². The first-order chi connectivity index (χ1) is 8.66. The van der Waals surface area contributed by atoms with Crippen LogP contribution < -0.4 is 10.6 Å². The average Bonchev–Trinajstić information content (AvgIpc) is 2.84. The monoisotopic (exact) mass is 313 g/mol. The molecule has 2 N–H and O–H groups in total. The van der Waals surface area contributed by atoms with Crippen LogP contribution in [0.2, 0.25) is 0 Å². The molecule has 0 spiro atoms. The molecule has 1 aromatic rings. The molecule has 1 aliphatic rings. The van der Waals surface area contributed by atoms with Crippen molar-refractivity contribution in [2.45, 2.75) is 12.8 Å². The standard InChI is InChI=1S/C12H16BrN3O2/c13-11-7-10(16(17)18)1-2-12(11)15-6-4-9-3-5-14-8-9/h1-2,7,9,14-15H,3-6,8H2. The van der Waals surface area contributed by atoms with Crippen LogP contribution in [-0.2, 0) is 0 Å². The number of rotatable bonds is 5. The molecule has 0 aliphatic carbocycles. The first kappa shape index (κ1) is 13.3. The Hall–Kier alpha value is -1.14. The summed E-state index contributed by atoms with van der Waals surface area (Å²) in [6, 6.07) is 4.79. The molecular formula is C12H16BrN3O2. The van der Waals surface area contributed by atoms with Gasteiger partial charge in [-0.15, -0.1) is 0 Å². The number of hydrogen-bond acceptors (Lipinski definition) is 4. The molecule has 0 bridgehead atoms. The molecular weight excluding hydrogens is 298 g/mol. The molecule has 5 nitrogen and oxygen atoms in total. The van der Waals surface area contributed by atoms with Crippen molar-refractivity contribution < 1.29 is 4.92 Å². The van der Waals surface area contributed by atoms with Crippen LogP contribution in [0.3, 0.4) is 0 Å². The van der Waals surface area contributed by atoms with Crippen LogP contribution in [0.1, 0.15) is 12.8 Å². The zero-order valence-corrected chi connectivity index (χ0v) is 11.6. The van der Waals surface area contributed by atoms with Crippen molar-refractivity contribution in [1.29, 1.82) is 0 Å². The lowest BCUT2D eigenvalue weighted by atomic mass is 10.1. The molecule has 98 valence electrons. The first-order valence-electron chi connectivity index (χ1n) is 6.05. The molecule has 1 fully saturated rings. The van der Waals surface area contributed by atoms with E-state index >= 15 is 0 Å². The number of benzene rings is 1. The molecule has 0 saturated carbocycles. The third kappa shape index (κ3) is 3.43. The summed E-state index contributed by atoms with van der Waals surface area (Å²) in [5.41, 5.74) is 1.01. The molecule has 6 heteroatoms. The van der Waals surface area contributed by atoms with E-state index in [1.165, 1.54) is 18.6 Å². The van der Waals surface area contributed by atoms with E-state index in [1.807, 2.05) is 0 Å². The maximum absolute atomic E-state index is 10.6. The number of hydrogen-bond donors (Lipinski definition) is 2. The SMILES string of the molecule is O=[N+]([O-])c1ccc(NCCC2CCNC2)c(Br)c1. The average molecular weight is 314 g/mol. The minimum absolute atomic E-state index is 0.104. The highest BCUT2D eigenvalue weighted by Crippen LogP contribution is 2.27. The molecule has 0 radical (unpaired) electrons. The summed E-state index contributed by atoms with van der Waals surface area (Å²) in [5.74, 6) is 0.745. The molecule has 1 saturated heterocycles. The Morgan fingerprint density at radius 1 is 1.56 bits per heavy atom. The van der Waals surface area contributed by atoms with Gasteiger partial charge in [0, 0.05) is 28.8 Å². The van der Waals surface area contributed by atoms with E-state index in [0.29, 0.717) is 0 Å². The molecule has 2 rings (SSSR count). The second-order valence-electron chi connectivity index (χ2n) is 4.50. The van der Waals surface area contributed by atoms with Gasteiger partial charge in [-0.1, -0.05) is 0 Å². The Morgan fingerprint density at radius 3 is 3.00 bits per heavy atom. The van der Waals surface area contributed by atoms with Crippen LogP contribution in [0.5, 0.6) is 0 Å². The number of halogens is 1. The van der Waals surface area contributed by atoms with Gasteiger partial charge in [-0.2, -0.15) is 0 Å². The highest BCUT2D eigenvalue weighted by atomic mass is 79.9. The summed E-state index contributed by atoms with van der Waals surface area (Å²) in [6.07, 6.45) is 2.36. The van der Waals surface area contributed by atoms with Gasteiger partial charge < -0.3 is 10.6 Å². The number of anilines is 1. The molecule has 1 unspecified atom stereocenters. The van der Waals surface area contributed by atoms with Gasteiger partial charge in [0.05, 0.1) is 4.92 Å². The smallest absolute Gasteiger partial charge is 0.270 e. The van der Waals surface area contributed by atoms with Crippen LogP contribution >= 0.6 is 15.9 Å². The fraction of sp³-hybridized carbons (Fsp3) is 0.500. The Bertz CT molecular complexity index is 433. The van der Waals surface area contributed by atoms with Gasteiger partial charge in [-0.05, 0) is 53.8 Å². The summed E-state index contributed by atoms with van der Waals surface area (Å²) < 4.78 is 0.737. The fourth-order valence-electron chi connectivity index (χ4n) is 2.13. The van der Waals surface area contributed by atoms with Crippen LogP contribution in [0.25, 0.3) is 0 Å². The lowest BCUT2D eigenvalue weighted by Gasteiger charge is -2.11. The molecule has 1 aliphatic heterocycles. The third-order valence-corrected chi connectivity index (χ3v) is 3.85. The van der Waals surface area contributed by atoms with Crippen molar-refractivity contribution in [2.75, 3.05) is 25.0 Å². The predicted octanol–water partition coefficient (Wildman–Crippen LogP) is 2.77. The lowest BCUT2D eigenvalue weighted by Crippen LogP contribution is -2.12. The van der Waals surface area contributed by atoms with Gasteiger partial charge in [0.2, 0.25) is 0 Å². The third-order valence-electron chi connectivity index (χ3n) is 3.19. The number of nitro benzene ring substituents is 1. The summed E-state index contributed by atoms with van der Waals surface area (Å²) in [7, 11) is 0. The second kappa shape index (κ2) is 6.15. The Kier molecular flexibility index (Phi) is 4.54. The van der Waals surface area contributed by atoms with Gasteiger partial charge in [0.15, 0.2) is 0 Å². The van der Waals surface area contributed by atoms with Crippen molar-refractivity contribution in [3.8, 4) is 0 Å². The second-order valence-corrected chi connectivity index (χ2v) is 5.35. The van der Waals surface area contributed by atoms with Gasteiger partial charge in [0.25, 0.3) is 5.69 Å². The quantitative estimate of drug-likeness (QED) is 0.648. The normalized spacial score (nSPS) is 18.8. The maximum Gasteiger partial charge on any atom is 0.270 e. The van der Waals surface area contributed by atoms with E-state index in [-0.39, 0.29) is 5.69 Å². The Labute approximate surface area is 114 Å². The number of nitro groups is 1. The van der Waals surface area contributed by atoms with E-state index in [0.717, 1.165) is 42.1 Å².